The van der Waals surface area contributed by atoms with E-state index in [1.54, 1.807) is 13.8 Å². The Morgan fingerprint density at radius 1 is 1.19 bits per heavy atom. The van der Waals surface area contributed by atoms with E-state index < -0.39 is 29.4 Å². The summed E-state index contributed by atoms with van der Waals surface area (Å²) in [6, 6.07) is 0.928. The summed E-state index contributed by atoms with van der Waals surface area (Å²) >= 11 is 0. The number of carbonyl (C=O) groups is 2. The third kappa shape index (κ3) is 2.86. The first-order valence-electron chi connectivity index (χ1n) is 6.57. The van der Waals surface area contributed by atoms with E-state index in [4.69, 9.17) is 0 Å². The second-order valence-electron chi connectivity index (χ2n) is 5.22. The number of nitrogens with zero attached hydrogens (tertiary/aromatic N) is 1. The van der Waals surface area contributed by atoms with Crippen LogP contribution >= 0.6 is 0 Å². The Kier molecular flexibility index (Phi) is 4.20. The van der Waals surface area contributed by atoms with Crippen LogP contribution in [0.15, 0.2) is 12.1 Å². The Hall–Kier alpha value is -2.05. The minimum Gasteiger partial charge on any atom is -0.344 e. The van der Waals surface area contributed by atoms with Gasteiger partial charge in [0.2, 0.25) is 11.8 Å². The largest absolute Gasteiger partial charge is 0.344 e. The molecule has 0 saturated carbocycles. The van der Waals surface area contributed by atoms with Crippen molar-refractivity contribution in [2.75, 3.05) is 11.4 Å². The van der Waals surface area contributed by atoms with Crippen LogP contribution in [0.4, 0.5) is 18.9 Å². The number of hydrogen-bond acceptors (Lipinski definition) is 2. The van der Waals surface area contributed by atoms with Crippen molar-refractivity contribution in [1.29, 1.82) is 0 Å². The predicted molar refractivity (Wildman–Crippen MR) is 70.1 cm³/mol. The Balaban J connectivity index is 2.44. The van der Waals surface area contributed by atoms with Crippen molar-refractivity contribution in [3.63, 3.8) is 0 Å². The van der Waals surface area contributed by atoms with Crippen molar-refractivity contribution >= 4 is 17.5 Å². The second kappa shape index (κ2) is 5.75. The molecule has 1 unspecified atom stereocenters. The topological polar surface area (TPSA) is 49.4 Å². The lowest BCUT2D eigenvalue weighted by atomic mass is 10.0. The fourth-order valence-corrected chi connectivity index (χ4v) is 2.21. The molecule has 0 bridgehead atoms. The summed E-state index contributed by atoms with van der Waals surface area (Å²) < 4.78 is 40.2. The van der Waals surface area contributed by atoms with Crippen LogP contribution in [0.25, 0.3) is 0 Å². The molecule has 1 aliphatic heterocycles. The average Bonchev–Trinajstić information content (AvgIpc) is 2.57. The van der Waals surface area contributed by atoms with Gasteiger partial charge < -0.3 is 10.2 Å². The van der Waals surface area contributed by atoms with Crippen LogP contribution in [-0.2, 0) is 9.59 Å². The lowest BCUT2D eigenvalue weighted by molar-refractivity contribution is -0.126. The van der Waals surface area contributed by atoms with Crippen LogP contribution in [0.3, 0.4) is 0 Å². The van der Waals surface area contributed by atoms with E-state index in [0.717, 1.165) is 17.0 Å². The van der Waals surface area contributed by atoms with E-state index in [1.807, 2.05) is 0 Å². The monoisotopic (exact) mass is 300 g/mol. The zero-order valence-corrected chi connectivity index (χ0v) is 11.6. The molecule has 1 aromatic carbocycles. The minimum absolute atomic E-state index is 0.0343. The van der Waals surface area contributed by atoms with Gasteiger partial charge in [-0.3, -0.25) is 9.59 Å². The Bertz CT molecular complexity index is 590. The Morgan fingerprint density at radius 3 is 2.48 bits per heavy atom. The molecule has 1 heterocycles. The molecule has 0 spiro atoms. The van der Waals surface area contributed by atoms with Crippen LogP contribution in [0.2, 0.25) is 0 Å². The highest BCUT2D eigenvalue weighted by atomic mass is 19.2. The smallest absolute Gasteiger partial charge is 0.249 e. The predicted octanol–water partition coefficient (Wildman–Crippen LogP) is 1.98. The van der Waals surface area contributed by atoms with Crippen molar-refractivity contribution in [1.82, 2.24) is 5.32 Å². The van der Waals surface area contributed by atoms with Gasteiger partial charge in [0.1, 0.15) is 6.04 Å². The zero-order chi connectivity index (χ0) is 15.7. The van der Waals surface area contributed by atoms with Crippen molar-refractivity contribution in [2.24, 2.45) is 5.92 Å². The summed E-state index contributed by atoms with van der Waals surface area (Å²) in [4.78, 5) is 25.0. The molecule has 1 atom stereocenters. The Morgan fingerprint density at radius 2 is 1.86 bits per heavy atom. The van der Waals surface area contributed by atoms with E-state index in [2.05, 4.69) is 5.32 Å². The van der Waals surface area contributed by atoms with Crippen LogP contribution in [-0.4, -0.2) is 24.4 Å². The number of halogens is 3. The molecule has 1 aliphatic rings. The van der Waals surface area contributed by atoms with E-state index in [0.29, 0.717) is 0 Å². The fourth-order valence-electron chi connectivity index (χ4n) is 2.21. The van der Waals surface area contributed by atoms with Crippen molar-refractivity contribution in [3.8, 4) is 0 Å². The molecule has 0 aliphatic carbocycles. The third-order valence-corrected chi connectivity index (χ3v) is 3.38. The standard InChI is InChI=1S/C14H15F3N2O2/c1-7(2)13-14(21)19(6-5-10(20)18-13)9-4-3-8(15)11(16)12(9)17/h3-4,7,13H,5-6H2,1-2H3,(H,18,20). The molecule has 1 saturated heterocycles. The summed E-state index contributed by atoms with van der Waals surface area (Å²) in [6.45, 7) is 3.37. The van der Waals surface area contributed by atoms with Gasteiger partial charge >= 0.3 is 0 Å². The van der Waals surface area contributed by atoms with E-state index in [1.165, 1.54) is 0 Å². The first-order chi connectivity index (χ1) is 9.82. The lowest BCUT2D eigenvalue weighted by Gasteiger charge is -2.26. The number of carbonyl (C=O) groups excluding carboxylic acids is 2. The molecule has 1 N–H and O–H groups in total. The molecule has 7 heteroatoms. The van der Waals surface area contributed by atoms with Gasteiger partial charge in [0.25, 0.3) is 0 Å². The van der Waals surface area contributed by atoms with Crippen molar-refractivity contribution in [2.45, 2.75) is 26.3 Å². The van der Waals surface area contributed by atoms with Gasteiger partial charge in [0.05, 0.1) is 5.69 Å². The molecular weight excluding hydrogens is 285 g/mol. The third-order valence-electron chi connectivity index (χ3n) is 3.38. The highest BCUT2D eigenvalue weighted by Gasteiger charge is 2.34. The molecule has 2 rings (SSSR count). The highest BCUT2D eigenvalue weighted by Crippen LogP contribution is 2.26. The summed E-state index contributed by atoms with van der Waals surface area (Å²) in [6.07, 6.45) is -0.0343. The number of nitrogens with one attached hydrogen (secondary N) is 1. The van der Waals surface area contributed by atoms with Crippen molar-refractivity contribution < 1.29 is 22.8 Å². The van der Waals surface area contributed by atoms with E-state index in [9.17, 15) is 22.8 Å². The van der Waals surface area contributed by atoms with Gasteiger partial charge in [-0.1, -0.05) is 13.8 Å². The first-order valence-corrected chi connectivity index (χ1v) is 6.57. The van der Waals surface area contributed by atoms with E-state index >= 15 is 0 Å². The Labute approximate surface area is 119 Å². The van der Waals surface area contributed by atoms with Gasteiger partial charge in [-0.05, 0) is 18.1 Å². The van der Waals surface area contributed by atoms with Gasteiger partial charge in [0.15, 0.2) is 17.5 Å². The highest BCUT2D eigenvalue weighted by molar-refractivity contribution is 6.01. The molecule has 2 amide bonds. The fraction of sp³-hybridized carbons (Fsp3) is 0.429. The normalized spacial score (nSPS) is 19.7. The molecule has 0 aromatic heterocycles. The van der Waals surface area contributed by atoms with Gasteiger partial charge in [0, 0.05) is 13.0 Å². The van der Waals surface area contributed by atoms with Crippen molar-refractivity contribution in [3.05, 3.63) is 29.6 Å². The van der Waals surface area contributed by atoms with Crippen LogP contribution in [0, 0.1) is 23.4 Å². The maximum atomic E-state index is 13.9. The number of amides is 2. The molecule has 1 fully saturated rings. The lowest BCUT2D eigenvalue weighted by Crippen LogP contribution is -2.48. The molecule has 1 aromatic rings. The molecular formula is C14H15F3N2O2. The van der Waals surface area contributed by atoms with E-state index in [-0.39, 0.29) is 30.5 Å². The number of anilines is 1. The maximum absolute atomic E-state index is 13.9. The minimum atomic E-state index is -1.63. The SMILES string of the molecule is CC(C)C1NC(=O)CCN(c2ccc(F)c(F)c2F)C1=O. The maximum Gasteiger partial charge on any atom is 0.249 e. The molecule has 21 heavy (non-hydrogen) atoms. The van der Waals surface area contributed by atoms with Gasteiger partial charge in [-0.2, -0.15) is 0 Å². The first kappa shape index (κ1) is 15.3. The van der Waals surface area contributed by atoms with Gasteiger partial charge in [-0.25, -0.2) is 13.2 Å². The molecule has 0 radical (unpaired) electrons. The quantitative estimate of drug-likeness (QED) is 0.849. The summed E-state index contributed by atoms with van der Waals surface area (Å²) in [5.41, 5.74) is -0.360. The summed E-state index contributed by atoms with van der Waals surface area (Å²) in [5.74, 6) is -5.48. The summed E-state index contributed by atoms with van der Waals surface area (Å²) in [5, 5.41) is 2.55. The number of rotatable bonds is 2. The van der Waals surface area contributed by atoms with Crippen LogP contribution in [0.1, 0.15) is 20.3 Å². The second-order valence-corrected chi connectivity index (χ2v) is 5.22. The van der Waals surface area contributed by atoms with Crippen LogP contribution < -0.4 is 10.2 Å². The average molecular weight is 300 g/mol. The zero-order valence-electron chi connectivity index (χ0n) is 11.6. The van der Waals surface area contributed by atoms with Gasteiger partial charge in [-0.15, -0.1) is 0 Å². The molecule has 4 nitrogen and oxygen atoms in total. The number of hydrogen-bond donors (Lipinski definition) is 1. The molecule has 114 valence electrons. The van der Waals surface area contributed by atoms with Crippen LogP contribution in [0.5, 0.6) is 0 Å². The number of benzene rings is 1. The summed E-state index contributed by atoms with van der Waals surface area (Å²) in [7, 11) is 0.